The van der Waals surface area contributed by atoms with Gasteiger partial charge in [0.25, 0.3) is 0 Å². The van der Waals surface area contributed by atoms with Crippen molar-refractivity contribution < 1.29 is 0 Å². The second-order valence-electron chi connectivity index (χ2n) is 8.51. The number of nitrogens with zero attached hydrogens (tertiary/aromatic N) is 1. The van der Waals surface area contributed by atoms with E-state index < -0.39 is 0 Å². The van der Waals surface area contributed by atoms with E-state index in [1.165, 1.54) is 60.5 Å². The van der Waals surface area contributed by atoms with E-state index in [0.717, 1.165) is 12.2 Å². The van der Waals surface area contributed by atoms with Gasteiger partial charge in [-0.2, -0.15) is 0 Å². The third-order valence-corrected chi connectivity index (χ3v) is 6.97. The van der Waals surface area contributed by atoms with Gasteiger partial charge < -0.3 is 5.73 Å². The molecule has 2 heteroatoms. The molecule has 2 nitrogen and oxygen atoms in total. The maximum absolute atomic E-state index is 6.10. The van der Waals surface area contributed by atoms with Crippen molar-refractivity contribution in [1.29, 1.82) is 0 Å². The van der Waals surface area contributed by atoms with Crippen LogP contribution in [-0.2, 0) is 12.0 Å². The highest BCUT2D eigenvalue weighted by Gasteiger charge is 2.43. The smallest absolute Gasteiger partial charge is 0.0316 e. The summed E-state index contributed by atoms with van der Waals surface area (Å²) in [5.41, 5.74) is 10.3. The number of hydrogen-bond donors (Lipinski definition) is 1. The van der Waals surface area contributed by atoms with Crippen LogP contribution in [0.4, 0.5) is 5.69 Å². The molecule has 1 aliphatic heterocycles. The van der Waals surface area contributed by atoms with Crippen molar-refractivity contribution in [2.24, 2.45) is 0 Å². The lowest BCUT2D eigenvalue weighted by atomic mass is 9.63. The highest BCUT2D eigenvalue weighted by atomic mass is 15.2. The van der Waals surface area contributed by atoms with Crippen LogP contribution in [0, 0.1) is 0 Å². The fraction of sp³-hybridized carbons (Fsp3) is 0.360. The Morgan fingerprint density at radius 2 is 1.81 bits per heavy atom. The van der Waals surface area contributed by atoms with Crippen molar-refractivity contribution in [3.63, 3.8) is 0 Å². The van der Waals surface area contributed by atoms with Crippen molar-refractivity contribution >= 4 is 16.5 Å². The van der Waals surface area contributed by atoms with Crippen molar-refractivity contribution in [2.75, 3.05) is 12.3 Å². The van der Waals surface area contributed by atoms with Gasteiger partial charge in [-0.05, 0) is 71.7 Å². The standard InChI is InChI=1S/C25H28N2/c26-22-10-4-9-21(16-22)25-13-5-11-23(17-25)27(15-14-25)18-20-8-3-7-19-6-1-2-12-24(19)20/h1-4,6-10,12,16,23H,5,11,13-15,17-18,26H2. The molecule has 1 saturated heterocycles. The average molecular weight is 357 g/mol. The SMILES string of the molecule is Nc1cccc(C23CCCC(C2)N(Cc2cccc4ccccc24)CC3)c1. The summed E-state index contributed by atoms with van der Waals surface area (Å²) in [5.74, 6) is 0. The van der Waals surface area contributed by atoms with E-state index in [4.69, 9.17) is 5.73 Å². The molecule has 138 valence electrons. The first-order chi connectivity index (χ1) is 13.2. The molecule has 1 heterocycles. The molecule has 2 aliphatic rings. The summed E-state index contributed by atoms with van der Waals surface area (Å²) < 4.78 is 0. The van der Waals surface area contributed by atoms with Gasteiger partial charge in [0.1, 0.15) is 0 Å². The number of rotatable bonds is 3. The zero-order chi connectivity index (χ0) is 18.3. The molecule has 3 aromatic rings. The van der Waals surface area contributed by atoms with Gasteiger partial charge in [0.05, 0.1) is 0 Å². The molecule has 2 unspecified atom stereocenters. The quantitative estimate of drug-likeness (QED) is 0.627. The second-order valence-corrected chi connectivity index (χ2v) is 8.51. The van der Waals surface area contributed by atoms with Crippen LogP contribution >= 0.6 is 0 Å². The highest BCUT2D eigenvalue weighted by Crippen LogP contribution is 2.47. The van der Waals surface area contributed by atoms with Gasteiger partial charge in [-0.25, -0.2) is 0 Å². The van der Waals surface area contributed by atoms with Gasteiger partial charge >= 0.3 is 0 Å². The van der Waals surface area contributed by atoms with Crippen LogP contribution in [-0.4, -0.2) is 17.5 Å². The monoisotopic (exact) mass is 356 g/mol. The van der Waals surface area contributed by atoms with Crippen molar-refractivity contribution in [2.45, 2.75) is 50.1 Å². The molecular weight excluding hydrogens is 328 g/mol. The topological polar surface area (TPSA) is 29.3 Å². The predicted octanol–water partition coefficient (Wildman–Crippen LogP) is 5.51. The Bertz CT molecular complexity index is 958. The molecule has 0 amide bonds. The van der Waals surface area contributed by atoms with Crippen LogP contribution in [0.1, 0.15) is 43.2 Å². The normalized spacial score (nSPS) is 25.6. The molecular formula is C25H28N2. The minimum absolute atomic E-state index is 0.341. The maximum atomic E-state index is 6.10. The number of benzene rings is 3. The summed E-state index contributed by atoms with van der Waals surface area (Å²) >= 11 is 0. The maximum Gasteiger partial charge on any atom is 0.0316 e. The largest absolute Gasteiger partial charge is 0.399 e. The number of nitrogen functional groups attached to an aromatic ring is 1. The lowest BCUT2D eigenvalue weighted by molar-refractivity contribution is 0.0462. The summed E-state index contributed by atoms with van der Waals surface area (Å²) in [6.07, 6.45) is 6.49. The summed E-state index contributed by atoms with van der Waals surface area (Å²) in [6.45, 7) is 2.25. The van der Waals surface area contributed by atoms with Crippen LogP contribution in [0.3, 0.4) is 0 Å². The van der Waals surface area contributed by atoms with E-state index >= 15 is 0 Å². The second kappa shape index (κ2) is 6.69. The number of fused-ring (bicyclic) bond motifs is 3. The van der Waals surface area contributed by atoms with Crippen LogP contribution < -0.4 is 5.73 Å². The molecule has 27 heavy (non-hydrogen) atoms. The first kappa shape index (κ1) is 16.8. The molecule has 2 fully saturated rings. The molecule has 1 aliphatic carbocycles. The average Bonchev–Trinajstić information content (AvgIpc) is 2.71. The number of likely N-dealkylation sites (tertiary alicyclic amines) is 1. The molecule has 1 saturated carbocycles. The molecule has 0 radical (unpaired) electrons. The third kappa shape index (κ3) is 3.02. The Hall–Kier alpha value is -2.32. The zero-order valence-electron chi connectivity index (χ0n) is 15.9. The minimum atomic E-state index is 0.341. The van der Waals surface area contributed by atoms with Crippen molar-refractivity contribution in [3.05, 3.63) is 77.9 Å². The van der Waals surface area contributed by atoms with E-state index in [0.29, 0.717) is 11.5 Å². The predicted molar refractivity (Wildman–Crippen MR) is 114 cm³/mol. The van der Waals surface area contributed by atoms with Gasteiger partial charge in [-0.1, -0.05) is 61.0 Å². The Morgan fingerprint density at radius 1 is 0.963 bits per heavy atom. The van der Waals surface area contributed by atoms with Gasteiger partial charge in [0.2, 0.25) is 0 Å². The number of piperidine rings is 1. The van der Waals surface area contributed by atoms with Gasteiger partial charge in [0, 0.05) is 18.3 Å². The lowest BCUT2D eigenvalue weighted by Gasteiger charge is -2.51. The lowest BCUT2D eigenvalue weighted by Crippen LogP contribution is -2.51. The minimum Gasteiger partial charge on any atom is -0.399 e. The molecule has 0 aromatic heterocycles. The molecule has 0 spiro atoms. The molecule has 2 N–H and O–H groups in total. The van der Waals surface area contributed by atoms with Crippen molar-refractivity contribution in [1.82, 2.24) is 4.90 Å². The zero-order valence-corrected chi connectivity index (χ0v) is 15.9. The number of nitrogens with two attached hydrogens (primary N) is 1. The summed E-state index contributed by atoms with van der Waals surface area (Å²) in [5, 5.41) is 2.76. The van der Waals surface area contributed by atoms with Crippen LogP contribution in [0.5, 0.6) is 0 Å². The van der Waals surface area contributed by atoms with E-state index in [1.54, 1.807) is 0 Å². The fourth-order valence-electron chi connectivity index (χ4n) is 5.54. The molecule has 5 rings (SSSR count). The third-order valence-electron chi connectivity index (χ3n) is 6.97. The van der Waals surface area contributed by atoms with E-state index in [9.17, 15) is 0 Å². The van der Waals surface area contributed by atoms with Crippen LogP contribution in [0.15, 0.2) is 66.7 Å². The van der Waals surface area contributed by atoms with Gasteiger partial charge in [0.15, 0.2) is 0 Å². The first-order valence-electron chi connectivity index (χ1n) is 10.3. The number of hydrogen-bond acceptors (Lipinski definition) is 2. The van der Waals surface area contributed by atoms with Gasteiger partial charge in [-0.15, -0.1) is 0 Å². The molecule has 2 atom stereocenters. The highest BCUT2D eigenvalue weighted by molar-refractivity contribution is 5.85. The van der Waals surface area contributed by atoms with Crippen LogP contribution in [0.2, 0.25) is 0 Å². The summed E-state index contributed by atoms with van der Waals surface area (Å²) in [7, 11) is 0. The molecule has 3 aromatic carbocycles. The van der Waals surface area contributed by atoms with E-state index in [-0.39, 0.29) is 0 Å². The van der Waals surface area contributed by atoms with E-state index in [1.807, 2.05) is 6.07 Å². The fourth-order valence-corrected chi connectivity index (χ4v) is 5.54. The van der Waals surface area contributed by atoms with Crippen molar-refractivity contribution in [3.8, 4) is 0 Å². The summed E-state index contributed by atoms with van der Waals surface area (Å²) in [6, 6.07) is 24.9. The van der Waals surface area contributed by atoms with Gasteiger partial charge in [-0.3, -0.25) is 4.90 Å². The Labute approximate surface area is 162 Å². The summed E-state index contributed by atoms with van der Waals surface area (Å²) in [4.78, 5) is 2.74. The van der Waals surface area contributed by atoms with Crippen LogP contribution in [0.25, 0.3) is 10.8 Å². The molecule has 2 bridgehead atoms. The first-order valence-corrected chi connectivity index (χ1v) is 10.3. The number of anilines is 1. The Balaban J connectivity index is 1.41. The Kier molecular flexibility index (Phi) is 4.17. The van der Waals surface area contributed by atoms with E-state index in [2.05, 4.69) is 65.6 Å². The Morgan fingerprint density at radius 3 is 2.74 bits per heavy atom.